The van der Waals surface area contributed by atoms with E-state index < -0.39 is 5.97 Å². The van der Waals surface area contributed by atoms with Crippen LogP contribution >= 0.6 is 0 Å². The van der Waals surface area contributed by atoms with E-state index in [9.17, 15) is 4.79 Å². The van der Waals surface area contributed by atoms with Gasteiger partial charge in [-0.1, -0.05) is 12.1 Å². The molecule has 0 amide bonds. The van der Waals surface area contributed by atoms with Crippen molar-refractivity contribution in [2.24, 2.45) is 5.92 Å². The molecule has 1 aromatic carbocycles. The summed E-state index contributed by atoms with van der Waals surface area (Å²) in [5, 5.41) is 9.06. The minimum atomic E-state index is -0.676. The Morgan fingerprint density at radius 1 is 1.56 bits per heavy atom. The molecule has 4 heteroatoms. The Balaban J connectivity index is 1.97. The zero-order valence-corrected chi connectivity index (χ0v) is 10.6. The van der Waals surface area contributed by atoms with Crippen LogP contribution in [0.5, 0.6) is 5.75 Å². The highest BCUT2D eigenvalue weighted by Crippen LogP contribution is 2.20. The zero-order chi connectivity index (χ0) is 13.0. The summed E-state index contributed by atoms with van der Waals surface area (Å²) in [5.41, 5.74) is 1.17. The van der Waals surface area contributed by atoms with E-state index in [1.165, 1.54) is 5.56 Å². The maximum atomic E-state index is 11.0. The van der Waals surface area contributed by atoms with Gasteiger partial charge in [0.25, 0.3) is 0 Å². The number of ether oxygens (including phenoxy) is 1. The van der Waals surface area contributed by atoms with E-state index in [0.717, 1.165) is 31.7 Å². The van der Waals surface area contributed by atoms with Crippen LogP contribution in [0.1, 0.15) is 18.4 Å². The highest BCUT2D eigenvalue weighted by Gasteiger charge is 2.25. The van der Waals surface area contributed by atoms with Crippen LogP contribution in [0.15, 0.2) is 24.3 Å². The molecule has 1 fully saturated rings. The van der Waals surface area contributed by atoms with Crippen LogP contribution in [0, 0.1) is 5.92 Å². The number of nitrogens with zero attached hydrogens (tertiary/aromatic N) is 1. The van der Waals surface area contributed by atoms with Crippen molar-refractivity contribution in [2.75, 3.05) is 20.2 Å². The fourth-order valence-corrected chi connectivity index (χ4v) is 2.43. The van der Waals surface area contributed by atoms with Crippen molar-refractivity contribution in [1.29, 1.82) is 0 Å². The van der Waals surface area contributed by atoms with Crippen molar-refractivity contribution >= 4 is 5.97 Å². The van der Waals surface area contributed by atoms with Gasteiger partial charge in [0.05, 0.1) is 13.0 Å². The highest BCUT2D eigenvalue weighted by atomic mass is 16.5. The van der Waals surface area contributed by atoms with Gasteiger partial charge in [-0.25, -0.2) is 0 Å². The van der Waals surface area contributed by atoms with Crippen LogP contribution in [-0.4, -0.2) is 36.2 Å². The van der Waals surface area contributed by atoms with E-state index in [-0.39, 0.29) is 5.92 Å². The van der Waals surface area contributed by atoms with E-state index >= 15 is 0 Å². The van der Waals surface area contributed by atoms with Crippen LogP contribution in [0.4, 0.5) is 0 Å². The van der Waals surface area contributed by atoms with Crippen molar-refractivity contribution in [1.82, 2.24) is 4.90 Å². The molecule has 1 aliphatic rings. The Morgan fingerprint density at radius 3 is 3.11 bits per heavy atom. The summed E-state index contributed by atoms with van der Waals surface area (Å²) in [6.07, 6.45) is 1.75. The Morgan fingerprint density at radius 2 is 2.39 bits per heavy atom. The second-order valence-electron chi connectivity index (χ2n) is 4.76. The Bertz CT molecular complexity index is 419. The fraction of sp³-hybridized carbons (Fsp3) is 0.500. The first-order valence-corrected chi connectivity index (χ1v) is 6.27. The number of hydrogen-bond donors (Lipinski definition) is 1. The SMILES string of the molecule is COc1cccc(CN2CCC[C@H](C(=O)O)C2)c1. The lowest BCUT2D eigenvalue weighted by atomic mass is 9.98. The van der Waals surface area contributed by atoms with Gasteiger partial charge in [-0.2, -0.15) is 0 Å². The molecule has 18 heavy (non-hydrogen) atoms. The van der Waals surface area contributed by atoms with Crippen LogP contribution in [0.2, 0.25) is 0 Å². The number of carboxylic acid groups (broad SMARTS) is 1. The lowest BCUT2D eigenvalue weighted by molar-refractivity contribution is -0.143. The summed E-state index contributed by atoms with van der Waals surface area (Å²) in [6.45, 7) is 2.41. The van der Waals surface area contributed by atoms with Crippen molar-refractivity contribution in [3.05, 3.63) is 29.8 Å². The quantitative estimate of drug-likeness (QED) is 0.886. The van der Waals surface area contributed by atoms with Crippen molar-refractivity contribution < 1.29 is 14.6 Å². The standard InChI is InChI=1S/C14H19NO3/c1-18-13-6-2-4-11(8-13)9-15-7-3-5-12(10-15)14(16)17/h2,4,6,8,12H,3,5,7,9-10H2,1H3,(H,16,17)/t12-/m0/s1. The molecule has 0 spiro atoms. The van der Waals surface area contributed by atoms with Gasteiger partial charge >= 0.3 is 5.97 Å². The third-order valence-corrected chi connectivity index (χ3v) is 3.40. The first-order chi connectivity index (χ1) is 8.69. The molecule has 1 aliphatic heterocycles. The largest absolute Gasteiger partial charge is 0.497 e. The van der Waals surface area contributed by atoms with Crippen LogP contribution in [0.3, 0.4) is 0 Å². The molecule has 0 radical (unpaired) electrons. The van der Waals surface area contributed by atoms with E-state index in [1.807, 2.05) is 24.3 Å². The van der Waals surface area contributed by atoms with Crippen LogP contribution in [-0.2, 0) is 11.3 Å². The molecule has 98 valence electrons. The summed E-state index contributed by atoms with van der Waals surface area (Å²) >= 11 is 0. The predicted molar refractivity (Wildman–Crippen MR) is 68.6 cm³/mol. The molecule has 0 unspecified atom stereocenters. The Kier molecular flexibility index (Phi) is 4.20. The van der Waals surface area contributed by atoms with Gasteiger partial charge in [0.2, 0.25) is 0 Å². The Labute approximate surface area is 107 Å². The van der Waals surface area contributed by atoms with E-state index in [2.05, 4.69) is 4.90 Å². The van der Waals surface area contributed by atoms with Gasteiger partial charge in [-0.15, -0.1) is 0 Å². The number of rotatable bonds is 4. The average Bonchev–Trinajstić information content (AvgIpc) is 2.39. The monoisotopic (exact) mass is 249 g/mol. The number of piperidine rings is 1. The zero-order valence-electron chi connectivity index (χ0n) is 10.6. The minimum Gasteiger partial charge on any atom is -0.497 e. The molecule has 1 atom stereocenters. The van der Waals surface area contributed by atoms with Crippen molar-refractivity contribution in [3.8, 4) is 5.75 Å². The number of benzene rings is 1. The van der Waals surface area contributed by atoms with Crippen LogP contribution in [0.25, 0.3) is 0 Å². The molecule has 1 aromatic rings. The molecular formula is C14H19NO3. The van der Waals surface area contributed by atoms with Gasteiger partial charge in [-0.05, 0) is 37.1 Å². The van der Waals surface area contributed by atoms with Gasteiger partial charge in [0.15, 0.2) is 0 Å². The number of methoxy groups -OCH3 is 1. The second-order valence-corrected chi connectivity index (χ2v) is 4.76. The summed E-state index contributed by atoms with van der Waals surface area (Å²) in [6, 6.07) is 7.93. The van der Waals surface area contributed by atoms with E-state index in [4.69, 9.17) is 9.84 Å². The molecule has 0 saturated carbocycles. The molecule has 0 aromatic heterocycles. The van der Waals surface area contributed by atoms with Gasteiger partial charge in [-0.3, -0.25) is 9.69 Å². The number of carbonyl (C=O) groups is 1. The number of likely N-dealkylation sites (tertiary alicyclic amines) is 1. The van der Waals surface area contributed by atoms with Crippen molar-refractivity contribution in [3.63, 3.8) is 0 Å². The Hall–Kier alpha value is -1.55. The number of carboxylic acids is 1. The van der Waals surface area contributed by atoms with Gasteiger partial charge in [0, 0.05) is 13.1 Å². The first-order valence-electron chi connectivity index (χ1n) is 6.27. The van der Waals surface area contributed by atoms with Crippen molar-refractivity contribution in [2.45, 2.75) is 19.4 Å². The van der Waals surface area contributed by atoms with E-state index in [0.29, 0.717) is 6.54 Å². The minimum absolute atomic E-state index is 0.218. The third kappa shape index (κ3) is 3.23. The molecule has 0 aliphatic carbocycles. The fourth-order valence-electron chi connectivity index (χ4n) is 2.43. The van der Waals surface area contributed by atoms with Crippen LogP contribution < -0.4 is 4.74 Å². The van der Waals surface area contributed by atoms with E-state index in [1.54, 1.807) is 7.11 Å². The summed E-state index contributed by atoms with van der Waals surface area (Å²) in [4.78, 5) is 13.2. The summed E-state index contributed by atoms with van der Waals surface area (Å²) < 4.78 is 5.19. The lowest BCUT2D eigenvalue weighted by Crippen LogP contribution is -2.38. The lowest BCUT2D eigenvalue weighted by Gasteiger charge is -2.30. The van der Waals surface area contributed by atoms with Gasteiger partial charge in [0.1, 0.15) is 5.75 Å². The number of hydrogen-bond acceptors (Lipinski definition) is 3. The van der Waals surface area contributed by atoms with Gasteiger partial charge < -0.3 is 9.84 Å². The molecule has 0 bridgehead atoms. The molecular weight excluding hydrogens is 230 g/mol. The molecule has 1 heterocycles. The normalized spacial score (nSPS) is 20.6. The summed E-state index contributed by atoms with van der Waals surface area (Å²) in [7, 11) is 1.65. The summed E-state index contributed by atoms with van der Waals surface area (Å²) in [5.74, 6) is -0.0472. The average molecular weight is 249 g/mol. The third-order valence-electron chi connectivity index (χ3n) is 3.40. The maximum Gasteiger partial charge on any atom is 0.307 e. The molecule has 1 N–H and O–H groups in total. The predicted octanol–water partition coefficient (Wildman–Crippen LogP) is 1.99. The molecule has 2 rings (SSSR count). The number of aliphatic carboxylic acids is 1. The topological polar surface area (TPSA) is 49.8 Å². The maximum absolute atomic E-state index is 11.0. The highest BCUT2D eigenvalue weighted by molar-refractivity contribution is 5.70. The molecule has 4 nitrogen and oxygen atoms in total. The smallest absolute Gasteiger partial charge is 0.307 e. The second kappa shape index (κ2) is 5.87. The first kappa shape index (κ1) is 12.9. The molecule has 1 saturated heterocycles.